The first-order valence-electron chi connectivity index (χ1n) is 9.35. The summed E-state index contributed by atoms with van der Waals surface area (Å²) in [6, 6.07) is 5.66. The van der Waals surface area contributed by atoms with Crippen LogP contribution in [-0.2, 0) is 14.3 Å². The molecule has 1 saturated heterocycles. The number of rotatable bonds is 6. The van der Waals surface area contributed by atoms with Gasteiger partial charge in [0.05, 0.1) is 48.3 Å². The Morgan fingerprint density at radius 3 is 2.60 bits per heavy atom. The van der Waals surface area contributed by atoms with E-state index < -0.39 is 36.2 Å². The highest BCUT2D eigenvalue weighted by Gasteiger charge is 2.39. The van der Waals surface area contributed by atoms with Crippen LogP contribution in [0.5, 0.6) is 0 Å². The third-order valence-corrected chi connectivity index (χ3v) is 6.04. The molecular weight excluding hydrogens is 410 g/mol. The van der Waals surface area contributed by atoms with Gasteiger partial charge in [-0.1, -0.05) is 24.3 Å². The molecule has 10 heteroatoms. The van der Waals surface area contributed by atoms with Gasteiger partial charge >= 0.3 is 12.1 Å². The van der Waals surface area contributed by atoms with Crippen molar-refractivity contribution < 1.29 is 29.3 Å². The zero-order chi connectivity index (χ0) is 21.8. The molecule has 160 valence electrons. The number of β-amino-alcohol motifs (C(OH)–C–C–N with tert-alkyl or cyclic N) is 1. The molecule has 1 aromatic carbocycles. The summed E-state index contributed by atoms with van der Waals surface area (Å²) in [6.07, 6.45) is -2.28. The summed E-state index contributed by atoms with van der Waals surface area (Å²) in [4.78, 5) is 42.2. The summed E-state index contributed by atoms with van der Waals surface area (Å²) < 4.78 is 4.74. The number of carbonyl (C=O) groups excluding carboxylic acids is 2. The third-order valence-electron chi connectivity index (χ3n) is 5.06. The molecule has 1 fully saturated rings. The van der Waals surface area contributed by atoms with Gasteiger partial charge in [-0.15, -0.1) is 11.3 Å². The summed E-state index contributed by atoms with van der Waals surface area (Å²) in [5, 5.41) is 21.8. The fourth-order valence-electron chi connectivity index (χ4n) is 3.49. The molecule has 1 aliphatic heterocycles. The topological polar surface area (TPSA) is 129 Å². The number of aliphatic hydroxyl groups is 1. The van der Waals surface area contributed by atoms with Crippen LogP contribution in [0.3, 0.4) is 0 Å². The smallest absolute Gasteiger partial charge is 0.408 e. The Morgan fingerprint density at radius 1 is 1.33 bits per heavy atom. The zero-order valence-corrected chi connectivity index (χ0v) is 17.4. The fraction of sp³-hybridized carbons (Fsp3) is 0.400. The van der Waals surface area contributed by atoms with Crippen molar-refractivity contribution in [2.75, 3.05) is 13.7 Å². The van der Waals surface area contributed by atoms with Crippen molar-refractivity contribution in [2.45, 2.75) is 38.0 Å². The molecule has 30 heavy (non-hydrogen) atoms. The molecule has 0 saturated carbocycles. The number of carbonyl (C=O) groups is 3. The quantitative estimate of drug-likeness (QED) is 0.594. The highest BCUT2D eigenvalue weighted by atomic mass is 32.1. The van der Waals surface area contributed by atoms with E-state index >= 15 is 0 Å². The van der Waals surface area contributed by atoms with E-state index in [-0.39, 0.29) is 19.4 Å². The second-order valence-electron chi connectivity index (χ2n) is 7.07. The summed E-state index contributed by atoms with van der Waals surface area (Å²) in [5.74, 6) is -1.07. The normalized spacial score (nSPS) is 19.4. The minimum Gasteiger partial charge on any atom is -0.469 e. The van der Waals surface area contributed by atoms with Gasteiger partial charge in [0.1, 0.15) is 6.04 Å². The molecule has 3 N–H and O–H groups in total. The first-order valence-corrected chi connectivity index (χ1v) is 10.2. The van der Waals surface area contributed by atoms with Gasteiger partial charge in [0, 0.05) is 6.42 Å². The third kappa shape index (κ3) is 4.77. The summed E-state index contributed by atoms with van der Waals surface area (Å²) in [5.41, 5.74) is 4.34. The highest BCUT2D eigenvalue weighted by Crippen LogP contribution is 2.29. The first kappa shape index (κ1) is 21.7. The maximum atomic E-state index is 12.8. The average Bonchev–Trinajstić information content (AvgIpc) is 3.33. The SMILES string of the molecule is COC(=O)C[C@H](NC(=O)[C@@H]1C[C@@H](O)CN1C(=O)O)c1ccc(-c2scnc2C)cc1. The van der Waals surface area contributed by atoms with Gasteiger partial charge in [0.25, 0.3) is 0 Å². The number of thiazole rings is 1. The number of nitrogens with zero attached hydrogens (tertiary/aromatic N) is 2. The molecule has 3 rings (SSSR count). The number of amides is 2. The van der Waals surface area contributed by atoms with Crippen LogP contribution in [-0.4, -0.2) is 63.9 Å². The molecule has 1 aromatic heterocycles. The number of likely N-dealkylation sites (tertiary alicyclic amines) is 1. The zero-order valence-electron chi connectivity index (χ0n) is 16.6. The van der Waals surface area contributed by atoms with Gasteiger partial charge < -0.3 is 20.3 Å². The van der Waals surface area contributed by atoms with E-state index in [0.717, 1.165) is 21.0 Å². The van der Waals surface area contributed by atoms with Crippen molar-refractivity contribution in [3.63, 3.8) is 0 Å². The van der Waals surface area contributed by atoms with Crippen LogP contribution < -0.4 is 5.32 Å². The van der Waals surface area contributed by atoms with Crippen molar-refractivity contribution in [3.05, 3.63) is 41.0 Å². The van der Waals surface area contributed by atoms with Crippen molar-refractivity contribution in [3.8, 4) is 10.4 Å². The Kier molecular flexibility index (Phi) is 6.68. The second kappa shape index (κ2) is 9.23. The number of hydrogen-bond donors (Lipinski definition) is 3. The fourth-order valence-corrected chi connectivity index (χ4v) is 4.30. The van der Waals surface area contributed by atoms with E-state index in [9.17, 15) is 24.6 Å². The summed E-state index contributed by atoms with van der Waals surface area (Å²) in [7, 11) is 1.26. The minimum absolute atomic E-state index is 0.00662. The predicted octanol–water partition coefficient (Wildman–Crippen LogP) is 1.95. The van der Waals surface area contributed by atoms with Crippen LogP contribution in [0.25, 0.3) is 10.4 Å². The Labute approximate surface area is 177 Å². The molecule has 0 aliphatic carbocycles. The molecule has 0 spiro atoms. The van der Waals surface area contributed by atoms with E-state index in [1.807, 2.05) is 19.1 Å². The number of nitrogens with one attached hydrogen (secondary N) is 1. The largest absolute Gasteiger partial charge is 0.469 e. The number of methoxy groups -OCH3 is 1. The van der Waals surface area contributed by atoms with Crippen LogP contribution in [0.4, 0.5) is 4.79 Å². The van der Waals surface area contributed by atoms with Gasteiger partial charge in [0.2, 0.25) is 5.91 Å². The lowest BCUT2D eigenvalue weighted by Gasteiger charge is -2.24. The first-order chi connectivity index (χ1) is 14.3. The van der Waals surface area contributed by atoms with Gasteiger partial charge in [-0.25, -0.2) is 9.78 Å². The molecule has 2 heterocycles. The van der Waals surface area contributed by atoms with Crippen LogP contribution in [0.2, 0.25) is 0 Å². The number of esters is 1. The van der Waals surface area contributed by atoms with Crippen LogP contribution in [0, 0.1) is 6.92 Å². The molecule has 3 atom stereocenters. The lowest BCUT2D eigenvalue weighted by Crippen LogP contribution is -2.46. The molecule has 2 aromatic rings. The number of ether oxygens (including phenoxy) is 1. The number of aryl methyl sites for hydroxylation is 1. The molecule has 2 amide bonds. The maximum Gasteiger partial charge on any atom is 0.408 e. The molecule has 0 bridgehead atoms. The molecule has 0 radical (unpaired) electrons. The Hall–Kier alpha value is -2.98. The Bertz CT molecular complexity index is 929. The van der Waals surface area contributed by atoms with E-state index in [1.54, 1.807) is 17.6 Å². The van der Waals surface area contributed by atoms with Gasteiger partial charge in [-0.3, -0.25) is 14.5 Å². The standard InChI is InChI=1S/C20H23N3O6S/c1-11-18(30-10-21-11)13-5-3-12(4-6-13)15(8-17(25)29-2)22-19(26)16-7-14(24)9-23(16)20(27)28/h3-6,10,14-16,24H,7-9H2,1-2H3,(H,22,26)(H,27,28)/t14-,15+,16+/m1/s1. The Balaban J connectivity index is 1.81. The average molecular weight is 433 g/mol. The molecule has 1 aliphatic rings. The van der Waals surface area contributed by atoms with Crippen molar-refractivity contribution in [1.82, 2.24) is 15.2 Å². The summed E-state index contributed by atoms with van der Waals surface area (Å²) in [6.45, 7) is 1.79. The van der Waals surface area contributed by atoms with Crippen LogP contribution in [0.15, 0.2) is 29.8 Å². The van der Waals surface area contributed by atoms with Crippen LogP contribution in [0.1, 0.15) is 30.1 Å². The van der Waals surface area contributed by atoms with E-state index in [2.05, 4.69) is 10.3 Å². The van der Waals surface area contributed by atoms with Crippen molar-refractivity contribution in [2.24, 2.45) is 0 Å². The van der Waals surface area contributed by atoms with E-state index in [1.165, 1.54) is 18.4 Å². The minimum atomic E-state index is -1.28. The molecular formula is C20H23N3O6S. The number of aromatic nitrogens is 1. The second-order valence-corrected chi connectivity index (χ2v) is 7.93. The lowest BCUT2D eigenvalue weighted by molar-refractivity contribution is -0.141. The monoisotopic (exact) mass is 433 g/mol. The van der Waals surface area contributed by atoms with Crippen molar-refractivity contribution in [1.29, 1.82) is 0 Å². The number of hydrogen-bond acceptors (Lipinski definition) is 7. The van der Waals surface area contributed by atoms with Crippen molar-refractivity contribution >= 4 is 29.3 Å². The van der Waals surface area contributed by atoms with E-state index in [4.69, 9.17) is 4.74 Å². The van der Waals surface area contributed by atoms with Crippen LogP contribution >= 0.6 is 11.3 Å². The highest BCUT2D eigenvalue weighted by molar-refractivity contribution is 7.13. The number of benzene rings is 1. The predicted molar refractivity (Wildman–Crippen MR) is 109 cm³/mol. The maximum absolute atomic E-state index is 12.8. The molecule has 9 nitrogen and oxygen atoms in total. The van der Waals surface area contributed by atoms with Gasteiger partial charge in [-0.2, -0.15) is 0 Å². The molecule has 0 unspecified atom stereocenters. The number of aliphatic hydroxyl groups excluding tert-OH is 1. The number of carboxylic acid groups (broad SMARTS) is 1. The lowest BCUT2D eigenvalue weighted by atomic mass is 10.0. The van der Waals surface area contributed by atoms with Gasteiger partial charge in [0.15, 0.2) is 0 Å². The van der Waals surface area contributed by atoms with E-state index in [0.29, 0.717) is 5.56 Å². The van der Waals surface area contributed by atoms with Gasteiger partial charge in [-0.05, 0) is 18.1 Å². The summed E-state index contributed by atoms with van der Waals surface area (Å²) >= 11 is 1.52. The Morgan fingerprint density at radius 2 is 2.03 bits per heavy atom.